The fourth-order valence-corrected chi connectivity index (χ4v) is 3.41. The number of aryl methyl sites for hydroxylation is 1. The summed E-state index contributed by atoms with van der Waals surface area (Å²) in [4.78, 5) is 15.2. The maximum Gasteiger partial charge on any atom is 0.258 e. The van der Waals surface area contributed by atoms with Crippen LogP contribution in [0.4, 0.5) is 17.2 Å². The first-order chi connectivity index (χ1) is 12.8. The minimum absolute atomic E-state index is 0.0126. The molecule has 0 bridgehead atoms. The first kappa shape index (κ1) is 17.3. The van der Waals surface area contributed by atoms with Crippen molar-refractivity contribution in [2.24, 2.45) is 7.05 Å². The minimum atomic E-state index is -0.0126. The standard InChI is InChI=1S/C22H24N4O/c1-22(2,3)17-11-9-15(10-12-17)21(27)26-14-16-13-23-25(4)20(16)24-18-7-5-6-8-19(18)26/h5-13,24H,14H2,1-4H3. The van der Waals surface area contributed by atoms with Gasteiger partial charge in [-0.05, 0) is 35.2 Å². The highest BCUT2D eigenvalue weighted by molar-refractivity contribution is 6.08. The number of benzene rings is 2. The highest BCUT2D eigenvalue weighted by Gasteiger charge is 2.26. The van der Waals surface area contributed by atoms with Crippen LogP contribution in [-0.2, 0) is 19.0 Å². The molecule has 1 amide bonds. The summed E-state index contributed by atoms with van der Waals surface area (Å²) in [7, 11) is 1.90. The summed E-state index contributed by atoms with van der Waals surface area (Å²) in [5, 5.41) is 7.76. The van der Waals surface area contributed by atoms with Crippen LogP contribution in [0, 0.1) is 0 Å². The van der Waals surface area contributed by atoms with Crippen LogP contribution in [0.2, 0.25) is 0 Å². The van der Waals surface area contributed by atoms with E-state index in [1.54, 1.807) is 4.68 Å². The molecular weight excluding hydrogens is 336 g/mol. The molecule has 1 aromatic heterocycles. The number of fused-ring (bicyclic) bond motifs is 2. The third-order valence-corrected chi connectivity index (χ3v) is 5.03. The molecule has 0 saturated heterocycles. The van der Waals surface area contributed by atoms with Gasteiger partial charge in [-0.25, -0.2) is 0 Å². The van der Waals surface area contributed by atoms with Crippen LogP contribution in [0.1, 0.15) is 42.3 Å². The van der Waals surface area contributed by atoms with Crippen molar-refractivity contribution in [2.45, 2.75) is 32.7 Å². The Bertz CT molecular complexity index is 996. The average Bonchev–Trinajstić information content (AvgIpc) is 2.89. The number of nitrogens with zero attached hydrogens (tertiary/aromatic N) is 3. The first-order valence-corrected chi connectivity index (χ1v) is 9.14. The van der Waals surface area contributed by atoms with E-state index in [4.69, 9.17) is 0 Å². The van der Waals surface area contributed by atoms with Crippen LogP contribution in [0.5, 0.6) is 0 Å². The van der Waals surface area contributed by atoms with E-state index in [0.29, 0.717) is 12.1 Å². The fourth-order valence-electron chi connectivity index (χ4n) is 3.41. The Hall–Kier alpha value is -3.08. The van der Waals surface area contributed by atoms with Gasteiger partial charge in [-0.3, -0.25) is 9.48 Å². The molecular formula is C22H24N4O. The topological polar surface area (TPSA) is 50.2 Å². The monoisotopic (exact) mass is 360 g/mol. The van der Waals surface area contributed by atoms with E-state index >= 15 is 0 Å². The number of rotatable bonds is 1. The van der Waals surface area contributed by atoms with Crippen molar-refractivity contribution >= 4 is 23.1 Å². The Balaban J connectivity index is 1.74. The Kier molecular flexibility index (Phi) is 4.02. The number of anilines is 3. The Morgan fingerprint density at radius 2 is 1.78 bits per heavy atom. The van der Waals surface area contributed by atoms with Crippen molar-refractivity contribution in [1.29, 1.82) is 0 Å². The van der Waals surface area contributed by atoms with Crippen LogP contribution in [0.15, 0.2) is 54.7 Å². The summed E-state index contributed by atoms with van der Waals surface area (Å²) in [5.74, 6) is 0.905. The molecule has 0 saturated carbocycles. The van der Waals surface area contributed by atoms with E-state index in [0.717, 1.165) is 22.8 Å². The van der Waals surface area contributed by atoms with E-state index in [-0.39, 0.29) is 11.3 Å². The van der Waals surface area contributed by atoms with Gasteiger partial charge in [0.15, 0.2) is 0 Å². The largest absolute Gasteiger partial charge is 0.338 e. The molecule has 0 spiro atoms. The van der Waals surface area contributed by atoms with E-state index in [2.05, 4.69) is 31.2 Å². The van der Waals surface area contributed by atoms with Crippen LogP contribution < -0.4 is 10.2 Å². The maximum absolute atomic E-state index is 13.4. The van der Waals surface area contributed by atoms with Crippen LogP contribution in [-0.4, -0.2) is 15.7 Å². The highest BCUT2D eigenvalue weighted by atomic mass is 16.2. The van der Waals surface area contributed by atoms with Crippen molar-refractivity contribution in [1.82, 2.24) is 9.78 Å². The molecule has 0 aliphatic carbocycles. The quantitative estimate of drug-likeness (QED) is 0.689. The number of hydrogen-bond acceptors (Lipinski definition) is 3. The Morgan fingerprint density at radius 3 is 2.48 bits per heavy atom. The third kappa shape index (κ3) is 3.10. The molecule has 4 rings (SSSR count). The van der Waals surface area contributed by atoms with E-state index in [1.807, 2.05) is 66.7 Å². The summed E-state index contributed by atoms with van der Waals surface area (Å²) in [6.45, 7) is 6.99. The molecule has 1 aliphatic heterocycles. The number of para-hydroxylation sites is 2. The van der Waals surface area contributed by atoms with Crippen molar-refractivity contribution in [3.63, 3.8) is 0 Å². The summed E-state index contributed by atoms with van der Waals surface area (Å²) in [5.41, 5.74) is 4.73. The van der Waals surface area contributed by atoms with Crippen LogP contribution >= 0.6 is 0 Å². The molecule has 5 heteroatoms. The average molecular weight is 360 g/mol. The van der Waals surface area contributed by atoms with Gasteiger partial charge in [-0.2, -0.15) is 5.10 Å². The lowest BCUT2D eigenvalue weighted by Gasteiger charge is -2.23. The molecule has 0 radical (unpaired) electrons. The number of carbonyl (C=O) groups excluding carboxylic acids is 1. The normalized spacial score (nSPS) is 13.4. The van der Waals surface area contributed by atoms with Crippen LogP contribution in [0.3, 0.4) is 0 Å². The van der Waals surface area contributed by atoms with Gasteiger partial charge < -0.3 is 10.2 Å². The van der Waals surface area contributed by atoms with Gasteiger partial charge in [-0.15, -0.1) is 0 Å². The predicted octanol–water partition coefficient (Wildman–Crippen LogP) is 4.62. The second-order valence-electron chi connectivity index (χ2n) is 8.00. The van der Waals surface area contributed by atoms with E-state index in [9.17, 15) is 4.79 Å². The number of hydrogen-bond donors (Lipinski definition) is 1. The Labute approximate surface area is 159 Å². The highest BCUT2D eigenvalue weighted by Crippen LogP contribution is 2.36. The van der Waals surface area contributed by atoms with Crippen molar-refractivity contribution in [2.75, 3.05) is 10.2 Å². The van der Waals surface area contributed by atoms with Gasteiger partial charge in [0.2, 0.25) is 0 Å². The third-order valence-electron chi connectivity index (χ3n) is 5.03. The van der Waals surface area contributed by atoms with Gasteiger partial charge >= 0.3 is 0 Å². The molecule has 138 valence electrons. The molecule has 1 N–H and O–H groups in total. The number of carbonyl (C=O) groups is 1. The molecule has 0 fully saturated rings. The zero-order valence-electron chi connectivity index (χ0n) is 16.2. The minimum Gasteiger partial charge on any atom is -0.338 e. The molecule has 1 aliphatic rings. The SMILES string of the molecule is Cn1ncc2c1Nc1ccccc1N(C(=O)c1ccc(C(C)(C)C)cc1)C2. The van der Waals surface area contributed by atoms with E-state index < -0.39 is 0 Å². The van der Waals surface area contributed by atoms with Crippen molar-refractivity contribution in [3.8, 4) is 0 Å². The number of amides is 1. The lowest BCUT2D eigenvalue weighted by molar-refractivity contribution is 0.0985. The summed E-state index contributed by atoms with van der Waals surface area (Å²) >= 11 is 0. The summed E-state index contributed by atoms with van der Waals surface area (Å²) in [6, 6.07) is 15.8. The smallest absolute Gasteiger partial charge is 0.258 e. The van der Waals surface area contributed by atoms with Gasteiger partial charge in [-0.1, -0.05) is 45.0 Å². The zero-order valence-corrected chi connectivity index (χ0v) is 16.2. The van der Waals surface area contributed by atoms with Gasteiger partial charge in [0.1, 0.15) is 5.82 Å². The summed E-state index contributed by atoms with van der Waals surface area (Å²) in [6.07, 6.45) is 1.82. The van der Waals surface area contributed by atoms with Crippen molar-refractivity contribution in [3.05, 3.63) is 71.4 Å². The van der Waals surface area contributed by atoms with E-state index in [1.165, 1.54) is 5.56 Å². The molecule has 2 aromatic carbocycles. The molecule has 2 heterocycles. The molecule has 0 unspecified atom stereocenters. The van der Waals surface area contributed by atoms with Crippen molar-refractivity contribution < 1.29 is 4.79 Å². The fraction of sp³-hybridized carbons (Fsp3) is 0.273. The molecule has 3 aromatic rings. The molecule has 0 atom stereocenters. The molecule has 5 nitrogen and oxygen atoms in total. The zero-order chi connectivity index (χ0) is 19.2. The van der Waals surface area contributed by atoms with Gasteiger partial charge in [0, 0.05) is 18.2 Å². The maximum atomic E-state index is 13.4. The van der Waals surface area contributed by atoms with Gasteiger partial charge in [0.05, 0.1) is 24.1 Å². The second-order valence-corrected chi connectivity index (χ2v) is 8.00. The molecule has 27 heavy (non-hydrogen) atoms. The summed E-state index contributed by atoms with van der Waals surface area (Å²) < 4.78 is 1.80. The number of aromatic nitrogens is 2. The number of nitrogens with one attached hydrogen (secondary N) is 1. The predicted molar refractivity (Wildman–Crippen MR) is 109 cm³/mol. The van der Waals surface area contributed by atoms with Crippen LogP contribution in [0.25, 0.3) is 0 Å². The Morgan fingerprint density at radius 1 is 1.07 bits per heavy atom. The first-order valence-electron chi connectivity index (χ1n) is 9.14. The van der Waals surface area contributed by atoms with Gasteiger partial charge in [0.25, 0.3) is 5.91 Å². The second kappa shape index (κ2) is 6.27. The lowest BCUT2D eigenvalue weighted by Crippen LogP contribution is -2.30. The lowest BCUT2D eigenvalue weighted by atomic mass is 9.86.